The molecule has 1 N–H and O–H groups in total. The fourth-order valence-electron chi connectivity index (χ4n) is 1.66. The topological polar surface area (TPSA) is 47.3 Å². The summed E-state index contributed by atoms with van der Waals surface area (Å²) < 4.78 is 6.91. The average molecular weight is 226 g/mol. The zero-order valence-electron chi connectivity index (χ0n) is 10.6. The highest BCUT2D eigenvalue weighted by Gasteiger charge is 2.22. The molecule has 0 aliphatic carbocycles. The Morgan fingerprint density at radius 2 is 2.31 bits per heavy atom. The smallest absolute Gasteiger partial charge is 0.0907 e. The number of aliphatic hydroxyl groups is 1. The van der Waals surface area contributed by atoms with Crippen molar-refractivity contribution in [3.63, 3.8) is 0 Å². The van der Waals surface area contributed by atoms with Crippen molar-refractivity contribution < 1.29 is 9.84 Å². The molecule has 0 aromatic carbocycles. The minimum absolute atomic E-state index is 0.323. The van der Waals surface area contributed by atoms with Gasteiger partial charge in [-0.1, -0.05) is 6.92 Å². The molecule has 0 aliphatic heterocycles. The first kappa shape index (κ1) is 13.2. The molecule has 0 aliphatic rings. The highest BCUT2D eigenvalue weighted by molar-refractivity contribution is 5.03. The van der Waals surface area contributed by atoms with Gasteiger partial charge in [0.25, 0.3) is 0 Å². The Morgan fingerprint density at radius 1 is 1.62 bits per heavy atom. The standard InChI is InChI=1S/C12H22N2O2/c1-5-10(2)14-7-6-11(13-14)8-12(3,15)9-16-4/h6-7,10,15H,5,8-9H2,1-4H3. The summed E-state index contributed by atoms with van der Waals surface area (Å²) >= 11 is 0. The minimum Gasteiger partial charge on any atom is -0.387 e. The van der Waals surface area contributed by atoms with Crippen molar-refractivity contribution in [1.82, 2.24) is 9.78 Å². The van der Waals surface area contributed by atoms with Gasteiger partial charge in [0, 0.05) is 25.8 Å². The molecule has 1 rings (SSSR count). The molecule has 0 bridgehead atoms. The lowest BCUT2D eigenvalue weighted by molar-refractivity contribution is -0.0168. The van der Waals surface area contributed by atoms with E-state index in [1.54, 1.807) is 14.0 Å². The SMILES string of the molecule is CCC(C)n1ccc(CC(C)(O)COC)n1. The van der Waals surface area contributed by atoms with Crippen LogP contribution in [0, 0.1) is 0 Å². The zero-order chi connectivity index (χ0) is 12.2. The van der Waals surface area contributed by atoms with Crippen LogP contribution < -0.4 is 0 Å². The van der Waals surface area contributed by atoms with Crippen molar-refractivity contribution >= 4 is 0 Å². The maximum Gasteiger partial charge on any atom is 0.0907 e. The van der Waals surface area contributed by atoms with Crippen molar-refractivity contribution in [2.45, 2.75) is 45.3 Å². The number of hydrogen-bond acceptors (Lipinski definition) is 3. The second kappa shape index (κ2) is 5.46. The maximum absolute atomic E-state index is 10.00. The summed E-state index contributed by atoms with van der Waals surface area (Å²) in [5.41, 5.74) is 0.0611. The molecule has 92 valence electrons. The third-order valence-electron chi connectivity index (χ3n) is 2.72. The van der Waals surface area contributed by atoms with E-state index in [1.807, 2.05) is 16.9 Å². The zero-order valence-corrected chi connectivity index (χ0v) is 10.6. The molecule has 4 heteroatoms. The highest BCUT2D eigenvalue weighted by atomic mass is 16.5. The molecule has 0 radical (unpaired) electrons. The third-order valence-corrected chi connectivity index (χ3v) is 2.72. The average Bonchev–Trinajstić information content (AvgIpc) is 2.64. The Bertz CT molecular complexity index is 321. The number of methoxy groups -OCH3 is 1. The van der Waals surface area contributed by atoms with Crippen molar-refractivity contribution in [2.24, 2.45) is 0 Å². The predicted molar refractivity (Wildman–Crippen MR) is 63.4 cm³/mol. The summed E-state index contributed by atoms with van der Waals surface area (Å²) in [6.45, 7) is 6.35. The molecule has 0 saturated heterocycles. The van der Waals surface area contributed by atoms with E-state index in [0.717, 1.165) is 12.1 Å². The molecular formula is C12H22N2O2. The van der Waals surface area contributed by atoms with Crippen LogP contribution >= 0.6 is 0 Å². The van der Waals surface area contributed by atoms with Crippen molar-refractivity contribution in [3.05, 3.63) is 18.0 Å². The molecule has 2 unspecified atom stereocenters. The molecular weight excluding hydrogens is 204 g/mol. The fourth-order valence-corrected chi connectivity index (χ4v) is 1.66. The molecule has 0 saturated carbocycles. The van der Waals surface area contributed by atoms with Gasteiger partial charge in [0.1, 0.15) is 0 Å². The van der Waals surface area contributed by atoms with E-state index in [4.69, 9.17) is 4.74 Å². The van der Waals surface area contributed by atoms with Crippen LogP contribution in [0.25, 0.3) is 0 Å². The van der Waals surface area contributed by atoms with Crippen LogP contribution in [0.3, 0.4) is 0 Å². The lowest BCUT2D eigenvalue weighted by Gasteiger charge is -2.20. The van der Waals surface area contributed by atoms with Gasteiger partial charge in [-0.25, -0.2) is 0 Å². The van der Waals surface area contributed by atoms with Crippen molar-refractivity contribution in [2.75, 3.05) is 13.7 Å². The molecule has 0 amide bonds. The van der Waals surface area contributed by atoms with E-state index in [-0.39, 0.29) is 0 Å². The van der Waals surface area contributed by atoms with Gasteiger partial charge in [0.05, 0.1) is 17.9 Å². The lowest BCUT2D eigenvalue weighted by atomic mass is 10.0. The van der Waals surface area contributed by atoms with Crippen LogP contribution in [0.5, 0.6) is 0 Å². The van der Waals surface area contributed by atoms with Crippen LogP contribution in [0.1, 0.15) is 38.9 Å². The Labute approximate surface area is 97.2 Å². The van der Waals surface area contributed by atoms with Crippen LogP contribution in [-0.2, 0) is 11.2 Å². The summed E-state index contributed by atoms with van der Waals surface area (Å²) in [4.78, 5) is 0. The second-order valence-corrected chi connectivity index (χ2v) is 4.65. The van der Waals surface area contributed by atoms with Gasteiger partial charge in [-0.15, -0.1) is 0 Å². The van der Waals surface area contributed by atoms with E-state index in [0.29, 0.717) is 19.1 Å². The van der Waals surface area contributed by atoms with Gasteiger partial charge in [-0.2, -0.15) is 5.10 Å². The number of ether oxygens (including phenoxy) is 1. The Kier molecular flexibility index (Phi) is 4.50. The first-order chi connectivity index (χ1) is 7.48. The first-order valence-corrected chi connectivity index (χ1v) is 5.74. The Morgan fingerprint density at radius 3 is 2.88 bits per heavy atom. The van der Waals surface area contributed by atoms with Gasteiger partial charge >= 0.3 is 0 Å². The quantitative estimate of drug-likeness (QED) is 0.804. The summed E-state index contributed by atoms with van der Waals surface area (Å²) in [7, 11) is 1.59. The number of aromatic nitrogens is 2. The van der Waals surface area contributed by atoms with Crippen LogP contribution in [0.15, 0.2) is 12.3 Å². The predicted octanol–water partition coefficient (Wildman–Crippen LogP) is 1.79. The second-order valence-electron chi connectivity index (χ2n) is 4.65. The Balaban J connectivity index is 2.65. The van der Waals surface area contributed by atoms with E-state index < -0.39 is 5.60 Å². The van der Waals surface area contributed by atoms with Crippen molar-refractivity contribution in [1.29, 1.82) is 0 Å². The normalized spacial score (nSPS) is 17.1. The van der Waals surface area contributed by atoms with Gasteiger partial charge in [0.15, 0.2) is 0 Å². The monoisotopic (exact) mass is 226 g/mol. The molecule has 2 atom stereocenters. The van der Waals surface area contributed by atoms with Crippen LogP contribution in [0.2, 0.25) is 0 Å². The number of nitrogens with zero attached hydrogens (tertiary/aromatic N) is 2. The highest BCUT2D eigenvalue weighted by Crippen LogP contribution is 2.14. The summed E-state index contributed by atoms with van der Waals surface area (Å²) in [5, 5.41) is 14.4. The maximum atomic E-state index is 10.00. The van der Waals surface area contributed by atoms with E-state index in [9.17, 15) is 5.11 Å². The van der Waals surface area contributed by atoms with E-state index in [2.05, 4.69) is 18.9 Å². The number of hydrogen-bond donors (Lipinski definition) is 1. The molecule has 1 heterocycles. The minimum atomic E-state index is -0.844. The molecule has 16 heavy (non-hydrogen) atoms. The largest absolute Gasteiger partial charge is 0.387 e. The van der Waals surface area contributed by atoms with Crippen LogP contribution in [-0.4, -0.2) is 34.2 Å². The summed E-state index contributed by atoms with van der Waals surface area (Å²) in [5.74, 6) is 0. The van der Waals surface area contributed by atoms with Gasteiger partial charge in [0.2, 0.25) is 0 Å². The van der Waals surface area contributed by atoms with Crippen LogP contribution in [0.4, 0.5) is 0 Å². The van der Waals surface area contributed by atoms with Gasteiger partial charge < -0.3 is 9.84 Å². The van der Waals surface area contributed by atoms with E-state index in [1.165, 1.54) is 0 Å². The van der Waals surface area contributed by atoms with Gasteiger partial charge in [-0.3, -0.25) is 4.68 Å². The Hall–Kier alpha value is -0.870. The van der Waals surface area contributed by atoms with Crippen molar-refractivity contribution in [3.8, 4) is 0 Å². The number of rotatable bonds is 6. The summed E-state index contributed by atoms with van der Waals surface area (Å²) in [6.07, 6.45) is 3.53. The molecule has 1 aromatic rings. The molecule has 4 nitrogen and oxygen atoms in total. The first-order valence-electron chi connectivity index (χ1n) is 5.74. The molecule has 0 spiro atoms. The fraction of sp³-hybridized carbons (Fsp3) is 0.750. The van der Waals surface area contributed by atoms with E-state index >= 15 is 0 Å². The lowest BCUT2D eigenvalue weighted by Crippen LogP contribution is -2.33. The third kappa shape index (κ3) is 3.61. The van der Waals surface area contributed by atoms with Gasteiger partial charge in [-0.05, 0) is 26.3 Å². The molecule has 1 aromatic heterocycles. The summed E-state index contributed by atoms with van der Waals surface area (Å²) in [6, 6.07) is 2.36. The molecule has 0 fully saturated rings.